The number of carbonyl (C=O) groups excluding carboxylic acids is 6. The van der Waals surface area contributed by atoms with Crippen molar-refractivity contribution < 1.29 is 38.7 Å². The van der Waals surface area contributed by atoms with Crippen molar-refractivity contribution >= 4 is 77.3 Å². The Kier molecular flexibility index (Phi) is 9.77. The van der Waals surface area contributed by atoms with Gasteiger partial charge in [-0.15, -0.1) is 28.2 Å². The van der Waals surface area contributed by atoms with E-state index < -0.39 is 63.5 Å². The van der Waals surface area contributed by atoms with Crippen LogP contribution in [0.25, 0.3) is 0 Å². The van der Waals surface area contributed by atoms with Gasteiger partial charge in [-0.1, -0.05) is 17.8 Å². The zero-order chi connectivity index (χ0) is 34.9. The number of piperazine rings is 1. The molecule has 3 aliphatic rings. The van der Waals surface area contributed by atoms with Gasteiger partial charge in [-0.05, 0) is 23.9 Å². The van der Waals surface area contributed by atoms with Crippen LogP contribution >= 0.6 is 34.9 Å². The van der Waals surface area contributed by atoms with Crippen LogP contribution in [0.5, 0.6) is 0 Å². The molecule has 0 radical (unpaired) electrons. The lowest BCUT2D eigenvalue weighted by molar-refractivity contribution is -0.178. The molecule has 2 aromatic rings. The molecule has 5 heterocycles. The second-order valence-electron chi connectivity index (χ2n) is 10.4. The first-order valence-corrected chi connectivity index (χ1v) is 16.9. The highest BCUT2D eigenvalue weighted by Gasteiger charge is 2.66. The molecule has 6 amide bonds. The largest absolute Gasteiger partial charge is 0.477 e. The lowest BCUT2D eigenvalue weighted by atomic mass is 9.94. The number of hydrazine groups is 1. The van der Waals surface area contributed by atoms with Crippen LogP contribution in [0.2, 0.25) is 0 Å². The molecular weight excluding hydrogens is 695 g/mol. The highest BCUT2D eigenvalue weighted by Crippen LogP contribution is 2.46. The van der Waals surface area contributed by atoms with Gasteiger partial charge >= 0.3 is 28.9 Å². The molecule has 0 aromatic carbocycles. The maximum absolute atomic E-state index is 14.1. The van der Waals surface area contributed by atoms with Crippen molar-refractivity contribution in [1.29, 1.82) is 0 Å². The number of carboxylic acid groups (broad SMARTS) is 1. The summed E-state index contributed by atoms with van der Waals surface area (Å²) in [6, 6.07) is 1.53. The van der Waals surface area contributed by atoms with Crippen molar-refractivity contribution in [3.05, 3.63) is 54.4 Å². The van der Waals surface area contributed by atoms with E-state index >= 15 is 0 Å². The van der Waals surface area contributed by atoms with Crippen LogP contribution in [0.3, 0.4) is 0 Å². The van der Waals surface area contributed by atoms with Gasteiger partial charge in [-0.3, -0.25) is 47.8 Å². The highest BCUT2D eigenvalue weighted by atomic mass is 32.2. The molecule has 254 valence electrons. The number of H-pyrrole nitrogens is 1. The molecule has 2 fully saturated rings. The number of hydrogen-bond donors (Lipinski definition) is 4. The number of carbonyl (C=O) groups is 7. The first-order valence-electron chi connectivity index (χ1n) is 14.0. The molecule has 1 unspecified atom stereocenters. The van der Waals surface area contributed by atoms with Crippen molar-refractivity contribution in [2.45, 2.75) is 29.2 Å². The minimum atomic E-state index is -2.15. The molecule has 2 aromatic heterocycles. The van der Waals surface area contributed by atoms with E-state index in [1.54, 1.807) is 18.4 Å². The second kappa shape index (κ2) is 13.6. The standard InChI is InChI=1S/C26H27N9O10S3/c1-3-32-6-7-33(21(42)20(32)41)34(12-37)16(14-5-4-8-46-14)17(38)28-26(27-11-36)23(45)35-15(22(43)44)13(9-47-24(26)35)10-48-25-30-29-18(39)19(40)31(25)2/h4-5,8,11-12,16,24H,3,6-7,9-10H2,1-2H3,(H,27,36)(H,28,38)(H,29,39)(H,43,44)/t16?,24-,26+/m0/s1. The summed E-state index contributed by atoms with van der Waals surface area (Å²) in [6.45, 7) is 1.92. The SMILES string of the molecule is CCN1CCN(N(C=O)C(C(=O)N[C@]2(NC=O)C(=O)N3C(C(=O)O)=C(CSc4n[nH]c(=O)c(=O)n4C)CS[C@H]32)c2cccs2)C(=O)C1=O. The molecule has 0 bridgehead atoms. The fourth-order valence-corrected chi connectivity index (χ4v) is 8.68. The van der Waals surface area contributed by atoms with Crippen molar-refractivity contribution in [2.75, 3.05) is 31.1 Å². The first kappa shape index (κ1) is 34.4. The van der Waals surface area contributed by atoms with Crippen LogP contribution in [0, 0.1) is 0 Å². The number of thiophene rings is 1. The van der Waals surface area contributed by atoms with Crippen LogP contribution in [0.1, 0.15) is 17.8 Å². The van der Waals surface area contributed by atoms with Gasteiger partial charge in [0.25, 0.3) is 11.8 Å². The number of hydrogen-bond acceptors (Lipinski definition) is 13. The van der Waals surface area contributed by atoms with Crippen LogP contribution < -0.4 is 21.8 Å². The normalized spacial score (nSPS) is 21.3. The van der Waals surface area contributed by atoms with E-state index in [1.165, 1.54) is 18.0 Å². The van der Waals surface area contributed by atoms with Gasteiger partial charge in [-0.25, -0.2) is 19.9 Å². The first-order chi connectivity index (χ1) is 22.9. The maximum Gasteiger partial charge on any atom is 0.352 e. The lowest BCUT2D eigenvalue weighted by Crippen LogP contribution is -2.85. The zero-order valence-electron chi connectivity index (χ0n) is 25.1. The summed E-state index contributed by atoms with van der Waals surface area (Å²) in [4.78, 5) is 116. The Balaban J connectivity index is 1.44. The third-order valence-corrected chi connectivity index (χ3v) is 11.2. The van der Waals surface area contributed by atoms with Crippen molar-refractivity contribution in [2.24, 2.45) is 7.05 Å². The van der Waals surface area contributed by atoms with Crippen LogP contribution in [0.4, 0.5) is 0 Å². The summed E-state index contributed by atoms with van der Waals surface area (Å²) in [6.07, 6.45) is 0.376. The molecule has 19 nitrogen and oxygen atoms in total. The smallest absolute Gasteiger partial charge is 0.352 e. The molecule has 5 rings (SSSR count). The topological polar surface area (TPSA) is 244 Å². The molecule has 48 heavy (non-hydrogen) atoms. The van der Waals surface area contributed by atoms with Gasteiger partial charge in [0.05, 0.1) is 6.54 Å². The number of β-lactam (4-membered cyclic amide) rings is 1. The summed E-state index contributed by atoms with van der Waals surface area (Å²) in [5, 5.41) is 23.0. The Morgan fingerprint density at radius 3 is 2.60 bits per heavy atom. The average Bonchev–Trinajstić information content (AvgIpc) is 3.60. The van der Waals surface area contributed by atoms with Gasteiger partial charge in [0.2, 0.25) is 18.5 Å². The monoisotopic (exact) mass is 721 g/mol. The Hall–Kier alpha value is -4.96. The van der Waals surface area contributed by atoms with Crippen LogP contribution in [-0.4, -0.2) is 124 Å². The predicted molar refractivity (Wildman–Crippen MR) is 168 cm³/mol. The number of rotatable bonds is 13. The summed E-state index contributed by atoms with van der Waals surface area (Å²) in [5.74, 6) is -5.44. The summed E-state index contributed by atoms with van der Waals surface area (Å²) in [7, 11) is 1.32. The zero-order valence-corrected chi connectivity index (χ0v) is 27.6. The van der Waals surface area contributed by atoms with Crippen molar-refractivity contribution in [1.82, 2.24) is 45.2 Å². The molecular formula is C26H27N9O10S3. The van der Waals surface area contributed by atoms with Gasteiger partial charge in [0, 0.05) is 36.5 Å². The molecule has 0 aliphatic carbocycles. The number of thioether (sulfide) groups is 2. The van der Waals surface area contributed by atoms with Crippen molar-refractivity contribution in [3.63, 3.8) is 0 Å². The van der Waals surface area contributed by atoms with Crippen molar-refractivity contribution in [3.8, 4) is 0 Å². The summed E-state index contributed by atoms with van der Waals surface area (Å²) < 4.78 is 0.992. The molecule has 4 N–H and O–H groups in total. The van der Waals surface area contributed by atoms with Gasteiger partial charge < -0.3 is 20.6 Å². The predicted octanol–water partition coefficient (Wildman–Crippen LogP) is -2.76. The number of nitrogens with zero attached hydrogens (tertiary/aromatic N) is 6. The Morgan fingerprint density at radius 1 is 1.23 bits per heavy atom. The Labute approximate surface area is 282 Å². The Bertz CT molecular complexity index is 1840. The number of aromatic nitrogens is 3. The fourth-order valence-electron chi connectivity index (χ4n) is 5.38. The van der Waals surface area contributed by atoms with Gasteiger partial charge in [0.15, 0.2) is 11.2 Å². The van der Waals surface area contributed by atoms with E-state index in [0.29, 0.717) is 0 Å². The van der Waals surface area contributed by atoms with E-state index in [0.717, 1.165) is 54.3 Å². The molecule has 3 aliphatic heterocycles. The number of amides is 6. The fraction of sp³-hybridized carbons (Fsp3) is 0.385. The minimum Gasteiger partial charge on any atom is -0.477 e. The van der Waals surface area contributed by atoms with Gasteiger partial charge in [0.1, 0.15) is 11.1 Å². The quantitative estimate of drug-likeness (QED) is 0.0539. The summed E-state index contributed by atoms with van der Waals surface area (Å²) >= 11 is 3.02. The van der Waals surface area contributed by atoms with E-state index in [4.69, 9.17) is 0 Å². The van der Waals surface area contributed by atoms with Gasteiger partial charge in [-0.2, -0.15) is 0 Å². The van der Waals surface area contributed by atoms with E-state index in [9.17, 15) is 48.3 Å². The summed E-state index contributed by atoms with van der Waals surface area (Å²) in [5.41, 5.74) is -4.12. The molecule has 2 saturated heterocycles. The number of aromatic amines is 1. The number of fused-ring (bicyclic) bond motifs is 1. The number of carboxylic acids is 1. The van der Waals surface area contributed by atoms with Crippen LogP contribution in [0.15, 0.2) is 43.5 Å². The van der Waals surface area contributed by atoms with E-state index in [2.05, 4.69) is 20.8 Å². The maximum atomic E-state index is 14.1. The second-order valence-corrected chi connectivity index (χ2v) is 13.4. The number of nitrogens with one attached hydrogen (secondary N) is 3. The molecule has 3 atom stereocenters. The van der Waals surface area contributed by atoms with E-state index in [1.807, 2.05) is 0 Å². The number of aliphatic carboxylic acids is 1. The average molecular weight is 722 g/mol. The molecule has 22 heteroatoms. The third-order valence-electron chi connectivity index (χ3n) is 7.76. The molecule has 0 spiro atoms. The molecule has 0 saturated carbocycles. The Morgan fingerprint density at radius 2 is 1.98 bits per heavy atom. The van der Waals surface area contributed by atoms with E-state index in [-0.39, 0.29) is 59.6 Å². The lowest BCUT2D eigenvalue weighted by Gasteiger charge is -2.56. The highest BCUT2D eigenvalue weighted by molar-refractivity contribution is 8.01. The number of likely N-dealkylation sites (N-methyl/N-ethyl adjacent to an activating group) is 1. The minimum absolute atomic E-state index is 0.00563. The third kappa shape index (κ3) is 5.74. The van der Waals surface area contributed by atoms with Crippen LogP contribution in [-0.2, 0) is 40.6 Å².